The van der Waals surface area contributed by atoms with Gasteiger partial charge in [-0.2, -0.15) is 0 Å². The molecule has 35 heteroatoms. The molecule has 0 aliphatic carbocycles. The lowest BCUT2D eigenvalue weighted by Gasteiger charge is -2.47. The molecule has 0 aromatic heterocycles. The molecule has 0 saturated carbocycles. The molecule has 8 rings (SSSR count). The van der Waals surface area contributed by atoms with Crippen LogP contribution in [0.1, 0.15) is 62.1 Å². The largest absolute Gasteiger partial charge is 0.504 e. The van der Waals surface area contributed by atoms with Gasteiger partial charge in [-0.3, -0.25) is 0 Å². The van der Waals surface area contributed by atoms with Crippen molar-refractivity contribution < 1.29 is 174 Å². The van der Waals surface area contributed by atoms with Gasteiger partial charge < -0.3 is 145 Å². The Labute approximate surface area is 492 Å². The van der Waals surface area contributed by atoms with Crippen LogP contribution in [0.2, 0.25) is 0 Å². The number of aliphatic hydroxyl groups excluding tert-OH is 2. The number of benzene rings is 6. The fourth-order valence-corrected chi connectivity index (χ4v) is 8.60. The number of carbonyl (C=O) groups excluding carboxylic acids is 6. The van der Waals surface area contributed by atoms with Crippen LogP contribution in [0.25, 0.3) is 0 Å². The third-order valence-corrected chi connectivity index (χ3v) is 13.1. The van der Waals surface area contributed by atoms with E-state index in [0.717, 1.165) is 0 Å². The number of aliphatic hydroxyl groups is 2. The quantitative estimate of drug-likeness (QED) is 0.0356. The summed E-state index contributed by atoms with van der Waals surface area (Å²) in [6.45, 7) is -2.71. The molecular weight excluding hydrogens is 1210 g/mol. The minimum Gasteiger partial charge on any atom is -0.504 e. The number of hydrogen-bond acceptors (Lipinski definition) is 35. The summed E-state index contributed by atoms with van der Waals surface area (Å²) in [5, 5.41) is 207. The fraction of sp³-hybridized carbons (Fsp3) is 0.222. The van der Waals surface area contributed by atoms with Gasteiger partial charge in [0.15, 0.2) is 140 Å². The standard InChI is InChI=1S/C54H46O35/c55-21-1-15(2-22(56)35(21)67)47(74)81-13-33-42(41(73)44(53(80)83-33)86-50(77)18-7-27(61)38(70)28(62)8-18)89-54-46(88-52(79)20-11-31(65)40(72)32(66)12-20)45(87-51(78)19-9-29(63)39(71)30(64)10-19)43(85-49(76)17-5-25(59)37(69)26(60)6-17)34(84-54)14-82-48(75)16-3-23(57)36(68)24(58)4-16/h1-12,33-34,41-46,53-73,80H,13-14H2/t33-,34-,41+,42-,43-,44-,45+,46-,53-,54-/m1/s1. The van der Waals surface area contributed by atoms with Crippen LogP contribution in [-0.4, -0.2) is 213 Å². The third kappa shape index (κ3) is 13.3. The predicted molar refractivity (Wildman–Crippen MR) is 276 cm³/mol. The topological polar surface area (TPSA) is 590 Å². The van der Waals surface area contributed by atoms with Gasteiger partial charge in [0.05, 0.1) is 33.4 Å². The summed E-state index contributed by atoms with van der Waals surface area (Å²) in [6.07, 6.45) is -25.8. The number of rotatable bonds is 16. The van der Waals surface area contributed by atoms with E-state index in [2.05, 4.69) is 0 Å². The molecule has 0 radical (unpaired) electrons. The van der Waals surface area contributed by atoms with Gasteiger partial charge in [0.1, 0.15) is 37.6 Å². The molecule has 0 unspecified atom stereocenters. The van der Waals surface area contributed by atoms with Crippen LogP contribution in [0.4, 0.5) is 0 Å². The molecule has 2 fully saturated rings. The average Bonchev–Trinajstić information content (AvgIpc) is 1.43. The Kier molecular flexibility index (Phi) is 17.9. The predicted octanol–water partition coefficient (Wildman–Crippen LogP) is 0.492. The first kappa shape index (κ1) is 63.4. The average molecular weight is 1250 g/mol. The van der Waals surface area contributed by atoms with E-state index in [-0.39, 0.29) is 0 Å². The number of phenols is 18. The number of hydrogen-bond donors (Lipinski definition) is 20. The van der Waals surface area contributed by atoms with Crippen LogP contribution in [-0.2, 0) is 42.6 Å². The molecule has 2 aliphatic rings. The number of ether oxygens (including phenoxy) is 9. The molecule has 2 heterocycles. The lowest BCUT2D eigenvalue weighted by atomic mass is 9.96. The number of phenolic OH excluding ortho intramolecular Hbond substituents is 18. The smallest absolute Gasteiger partial charge is 0.339 e. The maximum Gasteiger partial charge on any atom is 0.339 e. The maximum absolute atomic E-state index is 14.4. The Morgan fingerprint density at radius 1 is 0.303 bits per heavy atom. The van der Waals surface area contributed by atoms with Crippen LogP contribution >= 0.6 is 0 Å². The highest BCUT2D eigenvalue weighted by Crippen LogP contribution is 2.43. The summed E-state index contributed by atoms with van der Waals surface area (Å²) in [5.74, 6) is -30.8. The first-order valence-electron chi connectivity index (χ1n) is 24.8. The first-order chi connectivity index (χ1) is 41.8. The van der Waals surface area contributed by atoms with Crippen molar-refractivity contribution in [2.24, 2.45) is 0 Å². The highest BCUT2D eigenvalue weighted by molar-refractivity contribution is 5.95. The molecule has 20 N–H and O–H groups in total. The van der Waals surface area contributed by atoms with Crippen molar-refractivity contribution in [2.45, 2.75) is 61.4 Å². The van der Waals surface area contributed by atoms with Gasteiger partial charge in [0.25, 0.3) is 0 Å². The number of carbonyl (C=O) groups is 6. The van der Waals surface area contributed by atoms with E-state index in [4.69, 9.17) is 42.6 Å². The Balaban J connectivity index is 1.30. The van der Waals surface area contributed by atoms with Gasteiger partial charge in [-0.25, -0.2) is 28.8 Å². The minimum absolute atomic E-state index is 0.465. The Hall–Kier alpha value is -11.7. The summed E-state index contributed by atoms with van der Waals surface area (Å²) in [6, 6.07) is 6.22. The van der Waals surface area contributed by atoms with E-state index < -0.39 is 247 Å². The number of esters is 6. The fourth-order valence-electron chi connectivity index (χ4n) is 8.60. The summed E-state index contributed by atoms with van der Waals surface area (Å²) < 4.78 is 51.1. The maximum atomic E-state index is 14.4. The molecule has 89 heavy (non-hydrogen) atoms. The molecular formula is C54H46O35. The van der Waals surface area contributed by atoms with E-state index in [1.54, 1.807) is 0 Å². The molecule has 0 bridgehead atoms. The van der Waals surface area contributed by atoms with Crippen LogP contribution in [0.15, 0.2) is 72.8 Å². The molecule has 472 valence electrons. The second-order valence-electron chi connectivity index (χ2n) is 19.1. The van der Waals surface area contributed by atoms with Crippen molar-refractivity contribution in [3.8, 4) is 103 Å². The second kappa shape index (κ2) is 25.1. The van der Waals surface area contributed by atoms with Crippen molar-refractivity contribution in [1.29, 1.82) is 0 Å². The highest BCUT2D eigenvalue weighted by Gasteiger charge is 2.57. The highest BCUT2D eigenvalue weighted by atomic mass is 16.8. The normalized spacial score (nSPS) is 21.4. The third-order valence-electron chi connectivity index (χ3n) is 13.1. The second-order valence-corrected chi connectivity index (χ2v) is 19.1. The molecule has 2 saturated heterocycles. The monoisotopic (exact) mass is 1250 g/mol. The van der Waals surface area contributed by atoms with Crippen LogP contribution in [0, 0.1) is 0 Å². The zero-order chi connectivity index (χ0) is 65.4. The Morgan fingerprint density at radius 2 is 0.539 bits per heavy atom. The molecule has 2 aliphatic heterocycles. The van der Waals surface area contributed by atoms with E-state index >= 15 is 0 Å². The van der Waals surface area contributed by atoms with Crippen molar-refractivity contribution in [3.05, 3.63) is 106 Å². The van der Waals surface area contributed by atoms with Gasteiger partial charge in [0.2, 0.25) is 0 Å². The Bertz CT molecular complexity index is 3660. The van der Waals surface area contributed by atoms with E-state index in [9.17, 15) is 131 Å². The van der Waals surface area contributed by atoms with Crippen LogP contribution < -0.4 is 0 Å². The number of aromatic hydroxyl groups is 18. The van der Waals surface area contributed by atoms with Gasteiger partial charge >= 0.3 is 35.8 Å². The van der Waals surface area contributed by atoms with Gasteiger partial charge in [-0.1, -0.05) is 0 Å². The molecule has 0 amide bonds. The summed E-state index contributed by atoms with van der Waals surface area (Å²) in [4.78, 5) is 83.8. The zero-order valence-electron chi connectivity index (χ0n) is 44.2. The van der Waals surface area contributed by atoms with Gasteiger partial charge in [-0.05, 0) is 72.8 Å². The van der Waals surface area contributed by atoms with E-state index in [1.807, 2.05) is 0 Å². The van der Waals surface area contributed by atoms with Crippen LogP contribution in [0.3, 0.4) is 0 Å². The zero-order valence-corrected chi connectivity index (χ0v) is 44.2. The van der Waals surface area contributed by atoms with Crippen molar-refractivity contribution >= 4 is 35.8 Å². The van der Waals surface area contributed by atoms with Gasteiger partial charge in [-0.15, -0.1) is 0 Å². The molecule has 10 atom stereocenters. The minimum atomic E-state index is -2.77. The SMILES string of the molecule is O=C(OC[C@H]1O[C@@H](O)[C@H](OC(=O)c2cc(O)c(O)c(O)c2)[C@@H](O)[C@@H]1O[C@H]1O[C@H](COC(=O)c2cc(O)c(O)c(O)c2)[C@@H](OC(=O)c2cc(O)c(O)c(O)c2)[C@H](OC(=O)c2cc(O)c(O)c(O)c2)[C@H]1OC(=O)c1cc(O)c(O)c(O)c1)c1cc(O)c(O)c(O)c1. The summed E-state index contributed by atoms with van der Waals surface area (Å²) in [7, 11) is 0. The van der Waals surface area contributed by atoms with Crippen molar-refractivity contribution in [2.75, 3.05) is 13.2 Å². The molecule has 6 aromatic carbocycles. The first-order valence-corrected chi connectivity index (χ1v) is 24.8. The summed E-state index contributed by atoms with van der Waals surface area (Å²) >= 11 is 0. The Morgan fingerprint density at radius 3 is 0.831 bits per heavy atom. The summed E-state index contributed by atoms with van der Waals surface area (Å²) in [5.41, 5.74) is -5.03. The molecule has 35 nitrogen and oxygen atoms in total. The van der Waals surface area contributed by atoms with Gasteiger partial charge in [0, 0.05) is 0 Å². The molecule has 0 spiro atoms. The van der Waals surface area contributed by atoms with Crippen molar-refractivity contribution in [3.63, 3.8) is 0 Å². The van der Waals surface area contributed by atoms with Crippen LogP contribution in [0.5, 0.6) is 103 Å². The lowest BCUT2D eigenvalue weighted by molar-refractivity contribution is -0.352. The molecule has 6 aromatic rings. The lowest BCUT2D eigenvalue weighted by Crippen LogP contribution is -2.66. The van der Waals surface area contributed by atoms with Crippen molar-refractivity contribution in [1.82, 2.24) is 0 Å². The van der Waals surface area contributed by atoms with E-state index in [0.29, 0.717) is 72.8 Å². The van der Waals surface area contributed by atoms with E-state index in [1.165, 1.54) is 0 Å².